The van der Waals surface area contributed by atoms with Crippen molar-refractivity contribution in [2.75, 3.05) is 6.61 Å². The van der Waals surface area contributed by atoms with Gasteiger partial charge in [0.25, 0.3) is 5.91 Å². The molecule has 128 valence electrons. The first-order valence-corrected chi connectivity index (χ1v) is 8.33. The third kappa shape index (κ3) is 4.90. The predicted molar refractivity (Wildman–Crippen MR) is 95.7 cm³/mol. The number of benzene rings is 2. The van der Waals surface area contributed by atoms with Crippen molar-refractivity contribution in [1.82, 2.24) is 5.32 Å². The molecule has 0 bridgehead atoms. The maximum atomic E-state index is 12.3. The fourth-order valence-electron chi connectivity index (χ4n) is 2.22. The molecule has 5 heteroatoms. The van der Waals surface area contributed by atoms with E-state index in [2.05, 4.69) is 5.32 Å². The maximum Gasteiger partial charge on any atom is 0.261 e. The summed E-state index contributed by atoms with van der Waals surface area (Å²) in [6.07, 6.45) is -0.643. The number of hydrogen-bond acceptors (Lipinski definition) is 3. The fraction of sp³-hybridized carbons (Fsp3) is 0.316. The SMILES string of the molecule is CCOc1ccc([C@H](C)NC(=O)[C@@H](C)Oc2ccccc2Cl)cc1. The molecule has 1 amide bonds. The van der Waals surface area contributed by atoms with E-state index >= 15 is 0 Å². The van der Waals surface area contributed by atoms with E-state index in [0.29, 0.717) is 17.4 Å². The highest BCUT2D eigenvalue weighted by atomic mass is 35.5. The van der Waals surface area contributed by atoms with Crippen LogP contribution in [0.2, 0.25) is 5.02 Å². The lowest BCUT2D eigenvalue weighted by molar-refractivity contribution is -0.127. The number of halogens is 1. The zero-order valence-corrected chi connectivity index (χ0v) is 14.8. The van der Waals surface area contributed by atoms with Crippen LogP contribution in [0.4, 0.5) is 0 Å². The minimum atomic E-state index is -0.643. The van der Waals surface area contributed by atoms with Crippen molar-refractivity contribution in [3.8, 4) is 11.5 Å². The summed E-state index contributed by atoms with van der Waals surface area (Å²) in [4.78, 5) is 12.3. The summed E-state index contributed by atoms with van der Waals surface area (Å²) in [5.74, 6) is 1.11. The molecule has 0 fully saturated rings. The molecule has 0 aromatic heterocycles. The zero-order chi connectivity index (χ0) is 17.5. The summed E-state index contributed by atoms with van der Waals surface area (Å²) in [5.41, 5.74) is 0.997. The van der Waals surface area contributed by atoms with Crippen LogP contribution in [0, 0.1) is 0 Å². The van der Waals surface area contributed by atoms with Crippen molar-refractivity contribution in [2.24, 2.45) is 0 Å². The van der Waals surface area contributed by atoms with Gasteiger partial charge in [0.15, 0.2) is 6.10 Å². The average molecular weight is 348 g/mol. The van der Waals surface area contributed by atoms with E-state index in [0.717, 1.165) is 11.3 Å². The van der Waals surface area contributed by atoms with Gasteiger partial charge in [-0.15, -0.1) is 0 Å². The largest absolute Gasteiger partial charge is 0.494 e. The first-order valence-electron chi connectivity index (χ1n) is 7.95. The van der Waals surface area contributed by atoms with Gasteiger partial charge in [-0.05, 0) is 50.6 Å². The molecule has 0 aliphatic rings. The molecule has 2 rings (SSSR count). The van der Waals surface area contributed by atoms with Crippen molar-refractivity contribution in [1.29, 1.82) is 0 Å². The zero-order valence-electron chi connectivity index (χ0n) is 14.1. The van der Waals surface area contributed by atoms with Crippen molar-refractivity contribution in [3.63, 3.8) is 0 Å². The van der Waals surface area contributed by atoms with E-state index in [9.17, 15) is 4.79 Å². The second-order valence-corrected chi connectivity index (χ2v) is 5.83. The van der Waals surface area contributed by atoms with Crippen LogP contribution in [0.3, 0.4) is 0 Å². The number of amides is 1. The minimum absolute atomic E-state index is 0.134. The lowest BCUT2D eigenvalue weighted by atomic mass is 10.1. The summed E-state index contributed by atoms with van der Waals surface area (Å²) in [7, 11) is 0. The van der Waals surface area contributed by atoms with E-state index in [1.54, 1.807) is 19.1 Å². The molecule has 0 heterocycles. The smallest absolute Gasteiger partial charge is 0.261 e. The van der Waals surface area contributed by atoms with Gasteiger partial charge in [0.2, 0.25) is 0 Å². The molecule has 0 aliphatic heterocycles. The third-order valence-electron chi connectivity index (χ3n) is 3.56. The van der Waals surface area contributed by atoms with Crippen molar-refractivity contribution in [2.45, 2.75) is 32.9 Å². The fourth-order valence-corrected chi connectivity index (χ4v) is 2.40. The van der Waals surface area contributed by atoms with Gasteiger partial charge in [-0.2, -0.15) is 0 Å². The lowest BCUT2D eigenvalue weighted by Crippen LogP contribution is -2.37. The molecule has 24 heavy (non-hydrogen) atoms. The van der Waals surface area contributed by atoms with Crippen LogP contribution in [-0.2, 0) is 4.79 Å². The molecular formula is C19H22ClNO3. The predicted octanol–water partition coefficient (Wildman–Crippen LogP) is 4.38. The van der Waals surface area contributed by atoms with E-state index in [-0.39, 0.29) is 11.9 Å². The first-order chi connectivity index (χ1) is 11.5. The number of hydrogen-bond donors (Lipinski definition) is 1. The Hall–Kier alpha value is -2.20. The van der Waals surface area contributed by atoms with Gasteiger partial charge in [-0.3, -0.25) is 4.79 Å². The van der Waals surface area contributed by atoms with Crippen LogP contribution in [-0.4, -0.2) is 18.6 Å². The van der Waals surface area contributed by atoms with Gasteiger partial charge in [0.1, 0.15) is 11.5 Å². The van der Waals surface area contributed by atoms with E-state index in [4.69, 9.17) is 21.1 Å². The van der Waals surface area contributed by atoms with Crippen molar-refractivity contribution in [3.05, 3.63) is 59.1 Å². The van der Waals surface area contributed by atoms with E-state index in [1.165, 1.54) is 0 Å². The lowest BCUT2D eigenvalue weighted by Gasteiger charge is -2.19. The topological polar surface area (TPSA) is 47.6 Å². The van der Waals surface area contributed by atoms with Crippen LogP contribution in [0.1, 0.15) is 32.4 Å². The first kappa shape index (κ1) is 18.1. The van der Waals surface area contributed by atoms with Crippen LogP contribution < -0.4 is 14.8 Å². The number of para-hydroxylation sites is 1. The van der Waals surface area contributed by atoms with Gasteiger partial charge < -0.3 is 14.8 Å². The Balaban J connectivity index is 1.94. The Bertz CT molecular complexity index is 673. The molecule has 0 radical (unpaired) electrons. The molecule has 0 saturated carbocycles. The molecule has 2 aromatic rings. The maximum absolute atomic E-state index is 12.3. The van der Waals surface area contributed by atoms with E-state index < -0.39 is 6.10 Å². The van der Waals surface area contributed by atoms with Crippen LogP contribution >= 0.6 is 11.6 Å². The van der Waals surface area contributed by atoms with Gasteiger partial charge in [-0.25, -0.2) is 0 Å². The van der Waals surface area contributed by atoms with Crippen LogP contribution in [0.15, 0.2) is 48.5 Å². The molecule has 1 N–H and O–H groups in total. The van der Waals surface area contributed by atoms with Crippen molar-refractivity contribution >= 4 is 17.5 Å². The van der Waals surface area contributed by atoms with Gasteiger partial charge >= 0.3 is 0 Å². The molecular weight excluding hydrogens is 326 g/mol. The molecule has 0 saturated heterocycles. The highest BCUT2D eigenvalue weighted by Gasteiger charge is 2.18. The second kappa shape index (κ2) is 8.60. The van der Waals surface area contributed by atoms with Crippen LogP contribution in [0.25, 0.3) is 0 Å². The monoisotopic (exact) mass is 347 g/mol. The molecule has 0 spiro atoms. The summed E-state index contributed by atoms with van der Waals surface area (Å²) in [6, 6.07) is 14.6. The standard InChI is InChI=1S/C19H22ClNO3/c1-4-23-16-11-9-15(10-12-16)13(2)21-19(22)14(3)24-18-8-6-5-7-17(18)20/h5-14H,4H2,1-3H3,(H,21,22)/t13-,14+/m0/s1. The molecule has 2 atom stereocenters. The quantitative estimate of drug-likeness (QED) is 0.808. The summed E-state index contributed by atoms with van der Waals surface area (Å²) < 4.78 is 11.0. The highest BCUT2D eigenvalue weighted by molar-refractivity contribution is 6.32. The van der Waals surface area contributed by atoms with Gasteiger partial charge in [0, 0.05) is 0 Å². The molecule has 0 aliphatic carbocycles. The van der Waals surface area contributed by atoms with Gasteiger partial charge in [0.05, 0.1) is 17.7 Å². The Labute approximate surface area is 147 Å². The number of ether oxygens (including phenoxy) is 2. The Morgan fingerprint density at radius 2 is 1.79 bits per heavy atom. The Morgan fingerprint density at radius 1 is 1.12 bits per heavy atom. The second-order valence-electron chi connectivity index (χ2n) is 5.42. The summed E-state index contributed by atoms with van der Waals surface area (Å²) >= 11 is 6.05. The van der Waals surface area contributed by atoms with Crippen LogP contribution in [0.5, 0.6) is 11.5 Å². The van der Waals surface area contributed by atoms with Crippen molar-refractivity contribution < 1.29 is 14.3 Å². The summed E-state index contributed by atoms with van der Waals surface area (Å²) in [5, 5.41) is 3.42. The van der Waals surface area contributed by atoms with Gasteiger partial charge in [-0.1, -0.05) is 35.9 Å². The summed E-state index contributed by atoms with van der Waals surface area (Å²) in [6.45, 7) is 6.19. The number of carbonyl (C=O) groups excluding carboxylic acids is 1. The number of rotatable bonds is 7. The third-order valence-corrected chi connectivity index (χ3v) is 3.87. The molecule has 2 aromatic carbocycles. The Kier molecular flexibility index (Phi) is 6.50. The normalized spacial score (nSPS) is 13.0. The molecule has 0 unspecified atom stereocenters. The highest BCUT2D eigenvalue weighted by Crippen LogP contribution is 2.24. The average Bonchev–Trinajstić information content (AvgIpc) is 2.57. The number of carbonyl (C=O) groups is 1. The Morgan fingerprint density at radius 3 is 2.42 bits per heavy atom. The molecule has 4 nitrogen and oxygen atoms in total. The van der Waals surface area contributed by atoms with E-state index in [1.807, 2.05) is 50.2 Å². The minimum Gasteiger partial charge on any atom is -0.494 e. The number of nitrogens with one attached hydrogen (secondary N) is 1.